The van der Waals surface area contributed by atoms with Crippen LogP contribution >= 0.6 is 11.3 Å². The highest BCUT2D eigenvalue weighted by molar-refractivity contribution is 7.09. The molecule has 41 heavy (non-hydrogen) atoms. The number of carbonyl (C=O) groups is 3. The third kappa shape index (κ3) is 6.25. The SMILES string of the molecule is Cc1c(O)cccc1C(=O)N[C@@H](Cc1ccccc1)[C@H](O)C(=O)N1CC(F)(F)C(C)(C)[C@H]1C(=O)NCc1cccs1. The Balaban J connectivity index is 1.62. The Kier molecular flexibility index (Phi) is 8.79. The van der Waals surface area contributed by atoms with Crippen molar-refractivity contribution in [2.24, 2.45) is 5.41 Å². The predicted octanol–water partition coefficient (Wildman–Crippen LogP) is 3.65. The number of carbonyl (C=O) groups excluding carboxylic acids is 3. The van der Waals surface area contributed by atoms with Crippen LogP contribution in [0, 0.1) is 12.3 Å². The summed E-state index contributed by atoms with van der Waals surface area (Å²) in [7, 11) is 0. The highest BCUT2D eigenvalue weighted by Crippen LogP contribution is 2.48. The fraction of sp³-hybridized carbons (Fsp3) is 0.367. The minimum absolute atomic E-state index is 0.000215. The number of hydrogen-bond donors (Lipinski definition) is 4. The van der Waals surface area contributed by atoms with Gasteiger partial charge in [-0.2, -0.15) is 0 Å². The van der Waals surface area contributed by atoms with Crippen molar-refractivity contribution >= 4 is 29.1 Å². The number of nitrogens with one attached hydrogen (secondary N) is 2. The number of aliphatic hydroxyl groups excluding tert-OH is 1. The fourth-order valence-electron chi connectivity index (χ4n) is 5.02. The zero-order valence-electron chi connectivity index (χ0n) is 22.9. The largest absolute Gasteiger partial charge is 0.508 e. The summed E-state index contributed by atoms with van der Waals surface area (Å²) < 4.78 is 30.5. The molecule has 0 saturated carbocycles. The van der Waals surface area contributed by atoms with E-state index < -0.39 is 53.8 Å². The van der Waals surface area contributed by atoms with Crippen molar-refractivity contribution in [1.29, 1.82) is 0 Å². The van der Waals surface area contributed by atoms with E-state index in [2.05, 4.69) is 10.6 Å². The molecule has 2 aromatic carbocycles. The number of halogens is 2. The number of thiophene rings is 1. The van der Waals surface area contributed by atoms with E-state index in [1.54, 1.807) is 49.4 Å². The van der Waals surface area contributed by atoms with Gasteiger partial charge in [0.1, 0.15) is 11.8 Å². The van der Waals surface area contributed by atoms with E-state index in [4.69, 9.17) is 0 Å². The van der Waals surface area contributed by atoms with Crippen molar-refractivity contribution in [3.8, 4) is 5.75 Å². The Labute approximate surface area is 241 Å². The zero-order chi connectivity index (χ0) is 29.9. The number of rotatable bonds is 9. The van der Waals surface area contributed by atoms with Crippen molar-refractivity contribution in [3.63, 3.8) is 0 Å². The average Bonchev–Trinajstić information content (AvgIpc) is 3.52. The number of nitrogens with zero attached hydrogens (tertiary/aromatic N) is 1. The molecule has 4 N–H and O–H groups in total. The van der Waals surface area contributed by atoms with Crippen molar-refractivity contribution in [2.45, 2.75) is 57.8 Å². The van der Waals surface area contributed by atoms with E-state index in [1.165, 1.54) is 43.4 Å². The summed E-state index contributed by atoms with van der Waals surface area (Å²) in [6.07, 6.45) is -1.95. The summed E-state index contributed by atoms with van der Waals surface area (Å²) in [5.41, 5.74) is -0.830. The number of amides is 3. The Morgan fingerprint density at radius 2 is 1.78 bits per heavy atom. The van der Waals surface area contributed by atoms with Crippen LogP contribution < -0.4 is 10.6 Å². The summed E-state index contributed by atoms with van der Waals surface area (Å²) in [6.45, 7) is 3.03. The van der Waals surface area contributed by atoms with E-state index in [-0.39, 0.29) is 24.3 Å². The number of alkyl halides is 2. The summed E-state index contributed by atoms with van der Waals surface area (Å²) in [6, 6.07) is 13.9. The molecule has 3 aromatic rings. The Hall–Kier alpha value is -3.83. The van der Waals surface area contributed by atoms with Gasteiger partial charge in [0.05, 0.1) is 24.5 Å². The lowest BCUT2D eigenvalue weighted by Crippen LogP contribution is -2.57. The molecule has 8 nitrogen and oxygen atoms in total. The van der Waals surface area contributed by atoms with Crippen LogP contribution in [-0.4, -0.2) is 63.5 Å². The highest BCUT2D eigenvalue weighted by Gasteiger charge is 2.64. The van der Waals surface area contributed by atoms with Crippen LogP contribution in [0.5, 0.6) is 5.75 Å². The van der Waals surface area contributed by atoms with Gasteiger partial charge in [-0.25, -0.2) is 8.78 Å². The number of benzene rings is 2. The lowest BCUT2D eigenvalue weighted by atomic mass is 9.81. The molecule has 3 atom stereocenters. The van der Waals surface area contributed by atoms with Gasteiger partial charge in [0, 0.05) is 16.0 Å². The lowest BCUT2D eigenvalue weighted by Gasteiger charge is -2.34. The van der Waals surface area contributed by atoms with Crippen LogP contribution in [0.2, 0.25) is 0 Å². The first-order chi connectivity index (χ1) is 19.3. The van der Waals surface area contributed by atoms with E-state index in [9.17, 15) is 24.6 Å². The lowest BCUT2D eigenvalue weighted by molar-refractivity contribution is -0.148. The van der Waals surface area contributed by atoms with Crippen LogP contribution in [0.15, 0.2) is 66.0 Å². The predicted molar refractivity (Wildman–Crippen MR) is 151 cm³/mol. The fourth-order valence-corrected chi connectivity index (χ4v) is 5.67. The second kappa shape index (κ2) is 12.0. The van der Waals surface area contributed by atoms with Gasteiger partial charge in [0.25, 0.3) is 17.7 Å². The van der Waals surface area contributed by atoms with Crippen LogP contribution in [0.4, 0.5) is 8.78 Å². The molecule has 0 radical (unpaired) electrons. The molecule has 0 spiro atoms. The minimum atomic E-state index is -3.43. The van der Waals surface area contributed by atoms with Gasteiger partial charge in [-0.15, -0.1) is 11.3 Å². The molecule has 0 unspecified atom stereocenters. The van der Waals surface area contributed by atoms with Gasteiger partial charge >= 0.3 is 0 Å². The van der Waals surface area contributed by atoms with Gasteiger partial charge in [-0.3, -0.25) is 14.4 Å². The number of phenolic OH excluding ortho intramolecular Hbond substituents is 1. The summed E-state index contributed by atoms with van der Waals surface area (Å²) in [5.74, 6) is -6.06. The summed E-state index contributed by atoms with van der Waals surface area (Å²) in [4.78, 5) is 41.7. The van der Waals surface area contributed by atoms with Gasteiger partial charge < -0.3 is 25.7 Å². The second-order valence-electron chi connectivity index (χ2n) is 10.8. The first-order valence-corrected chi connectivity index (χ1v) is 14.0. The molecule has 11 heteroatoms. The monoisotopic (exact) mass is 585 g/mol. The Morgan fingerprint density at radius 1 is 1.07 bits per heavy atom. The molecule has 1 fully saturated rings. The van der Waals surface area contributed by atoms with Gasteiger partial charge in [0.15, 0.2) is 6.10 Å². The van der Waals surface area contributed by atoms with E-state index in [0.717, 1.165) is 9.78 Å². The molecule has 0 aliphatic carbocycles. The van der Waals surface area contributed by atoms with Crippen molar-refractivity contribution in [3.05, 3.63) is 87.6 Å². The van der Waals surface area contributed by atoms with Crippen LogP contribution in [0.1, 0.15) is 40.2 Å². The van der Waals surface area contributed by atoms with Crippen molar-refractivity contribution in [2.75, 3.05) is 6.54 Å². The maximum absolute atomic E-state index is 15.2. The Morgan fingerprint density at radius 3 is 2.44 bits per heavy atom. The van der Waals surface area contributed by atoms with Gasteiger partial charge in [-0.1, -0.05) is 56.3 Å². The van der Waals surface area contributed by atoms with Crippen LogP contribution in [-0.2, 0) is 22.6 Å². The number of hydrogen-bond acceptors (Lipinski definition) is 6. The van der Waals surface area contributed by atoms with E-state index in [1.807, 2.05) is 5.38 Å². The molecule has 218 valence electrons. The first kappa shape index (κ1) is 30.1. The summed E-state index contributed by atoms with van der Waals surface area (Å²) >= 11 is 1.39. The standard InChI is InChI=1S/C30H33F2N3O5S/c1-18-21(12-7-13-23(18)36)26(38)34-22(15-19-9-5-4-6-10-19)24(37)28(40)35-17-30(31,32)29(2,3)25(35)27(39)33-16-20-11-8-14-41-20/h4-14,22,24-25,36-37H,15-17H2,1-3H3,(H,33,39)(H,34,38)/t22-,24-,25+/m0/s1. The molecule has 1 aliphatic rings. The van der Waals surface area contributed by atoms with Crippen molar-refractivity contribution < 1.29 is 33.4 Å². The average molecular weight is 586 g/mol. The van der Waals surface area contributed by atoms with Gasteiger partial charge in [0.2, 0.25) is 5.91 Å². The molecule has 0 bridgehead atoms. The normalized spacial score (nSPS) is 18.9. The van der Waals surface area contributed by atoms with E-state index >= 15 is 8.78 Å². The minimum Gasteiger partial charge on any atom is -0.508 e. The smallest absolute Gasteiger partial charge is 0.272 e. The van der Waals surface area contributed by atoms with Gasteiger partial charge in [-0.05, 0) is 42.5 Å². The third-order valence-electron chi connectivity index (χ3n) is 7.65. The topological polar surface area (TPSA) is 119 Å². The molecule has 2 heterocycles. The zero-order valence-corrected chi connectivity index (χ0v) is 23.8. The highest BCUT2D eigenvalue weighted by atomic mass is 32.1. The maximum Gasteiger partial charge on any atom is 0.272 e. The van der Waals surface area contributed by atoms with E-state index in [0.29, 0.717) is 11.1 Å². The molecule has 1 saturated heterocycles. The number of aromatic hydroxyl groups is 1. The molecule has 1 aliphatic heterocycles. The number of likely N-dealkylation sites (tertiary alicyclic amines) is 1. The molecular weight excluding hydrogens is 552 g/mol. The second-order valence-corrected chi connectivity index (χ2v) is 11.8. The maximum atomic E-state index is 15.2. The quantitative estimate of drug-likeness (QED) is 0.306. The van der Waals surface area contributed by atoms with Crippen LogP contribution in [0.25, 0.3) is 0 Å². The van der Waals surface area contributed by atoms with Crippen molar-refractivity contribution in [1.82, 2.24) is 15.5 Å². The molecule has 3 amide bonds. The molecular formula is C30H33F2N3O5S. The molecule has 4 rings (SSSR count). The Bertz CT molecular complexity index is 1400. The summed E-state index contributed by atoms with van der Waals surface area (Å²) in [5, 5.41) is 28.5. The van der Waals surface area contributed by atoms with Crippen LogP contribution in [0.3, 0.4) is 0 Å². The third-order valence-corrected chi connectivity index (χ3v) is 8.53. The number of aliphatic hydroxyl groups is 1. The molecule has 1 aromatic heterocycles. The first-order valence-electron chi connectivity index (χ1n) is 13.1. The number of phenols is 1.